The monoisotopic (exact) mass is 627 g/mol. The van der Waals surface area contributed by atoms with Gasteiger partial charge in [0, 0.05) is 23.5 Å². The van der Waals surface area contributed by atoms with E-state index in [0.717, 1.165) is 43.7 Å². The zero-order valence-corrected chi connectivity index (χ0v) is 26.1. The summed E-state index contributed by atoms with van der Waals surface area (Å²) < 4.78 is 28.1. The smallest absolute Gasteiger partial charge is 0.244 e. The Morgan fingerprint density at radius 2 is 1.50 bits per heavy atom. The van der Waals surface area contributed by atoms with E-state index in [1.807, 2.05) is 100 Å². The number of rotatable bonds is 12. The Balaban J connectivity index is 2.09. The summed E-state index contributed by atoms with van der Waals surface area (Å²) in [5.41, 5.74) is 3.69. The number of carbonyl (C=O) groups excluding carboxylic acids is 2. The summed E-state index contributed by atoms with van der Waals surface area (Å²) >= 11 is 3.45. The van der Waals surface area contributed by atoms with Gasteiger partial charge in [0.25, 0.3) is 0 Å². The summed E-state index contributed by atoms with van der Waals surface area (Å²) in [7, 11) is -3.82. The maximum Gasteiger partial charge on any atom is 0.244 e. The molecule has 0 aromatic heterocycles. The molecule has 3 aromatic rings. The molecule has 0 saturated carbocycles. The van der Waals surface area contributed by atoms with E-state index in [-0.39, 0.29) is 24.9 Å². The van der Waals surface area contributed by atoms with Crippen molar-refractivity contribution in [1.82, 2.24) is 10.2 Å². The molecule has 40 heavy (non-hydrogen) atoms. The molecule has 9 heteroatoms. The molecule has 0 aliphatic carbocycles. The molecule has 0 unspecified atom stereocenters. The summed E-state index contributed by atoms with van der Waals surface area (Å²) in [5.74, 6) is -0.738. The van der Waals surface area contributed by atoms with Gasteiger partial charge in [0.2, 0.25) is 21.8 Å². The van der Waals surface area contributed by atoms with Crippen molar-refractivity contribution in [3.05, 3.63) is 99.5 Å². The highest BCUT2D eigenvalue weighted by Gasteiger charge is 2.34. The van der Waals surface area contributed by atoms with Crippen LogP contribution in [0.4, 0.5) is 5.69 Å². The number of benzene rings is 3. The summed E-state index contributed by atoms with van der Waals surface area (Å²) in [4.78, 5) is 29.4. The van der Waals surface area contributed by atoms with Crippen molar-refractivity contribution in [1.29, 1.82) is 0 Å². The summed E-state index contributed by atoms with van der Waals surface area (Å²) in [6.45, 7) is 7.26. The number of para-hydroxylation sites is 1. The van der Waals surface area contributed by atoms with E-state index >= 15 is 0 Å². The number of hydrogen-bond acceptors (Lipinski definition) is 4. The molecule has 214 valence electrons. The van der Waals surface area contributed by atoms with Crippen LogP contribution >= 0.6 is 15.9 Å². The maximum atomic E-state index is 14.2. The van der Waals surface area contributed by atoms with Crippen molar-refractivity contribution < 1.29 is 18.0 Å². The fourth-order valence-corrected chi connectivity index (χ4v) is 5.79. The minimum absolute atomic E-state index is 0.0856. The average Bonchev–Trinajstić information content (AvgIpc) is 2.90. The summed E-state index contributed by atoms with van der Waals surface area (Å²) in [5, 5.41) is 3.04. The third-order valence-electron chi connectivity index (χ3n) is 6.91. The van der Waals surface area contributed by atoms with Crippen molar-refractivity contribution in [2.24, 2.45) is 0 Å². The third kappa shape index (κ3) is 8.41. The second-order valence-electron chi connectivity index (χ2n) is 10.2. The number of carbonyl (C=O) groups is 2. The van der Waals surface area contributed by atoms with E-state index in [2.05, 4.69) is 21.2 Å². The molecule has 2 amide bonds. The lowest BCUT2D eigenvalue weighted by Gasteiger charge is -2.34. The number of nitrogens with one attached hydrogen (secondary N) is 1. The van der Waals surface area contributed by atoms with Gasteiger partial charge < -0.3 is 10.2 Å². The quantitative estimate of drug-likeness (QED) is 0.292. The fourth-order valence-electron chi connectivity index (χ4n) is 4.56. The number of amides is 2. The molecule has 1 N–H and O–H groups in total. The average molecular weight is 629 g/mol. The van der Waals surface area contributed by atoms with Gasteiger partial charge in [-0.1, -0.05) is 83.5 Å². The molecule has 0 spiro atoms. The van der Waals surface area contributed by atoms with Gasteiger partial charge in [-0.25, -0.2) is 8.42 Å². The molecule has 2 atom stereocenters. The van der Waals surface area contributed by atoms with Crippen LogP contribution in [0.25, 0.3) is 0 Å². The lowest BCUT2D eigenvalue weighted by atomic mass is 10.0. The Morgan fingerprint density at radius 3 is 2.05 bits per heavy atom. The Hall–Kier alpha value is -3.17. The van der Waals surface area contributed by atoms with Gasteiger partial charge in [0.1, 0.15) is 12.6 Å². The Morgan fingerprint density at radius 1 is 0.900 bits per heavy atom. The van der Waals surface area contributed by atoms with Crippen LogP contribution in [0.15, 0.2) is 77.3 Å². The zero-order valence-electron chi connectivity index (χ0n) is 23.7. The first-order valence-corrected chi connectivity index (χ1v) is 16.0. The normalized spacial score (nSPS) is 12.8. The molecule has 7 nitrogen and oxygen atoms in total. The van der Waals surface area contributed by atoms with Gasteiger partial charge in [-0.05, 0) is 61.6 Å². The Labute approximate surface area is 246 Å². The molecule has 3 rings (SSSR count). The highest BCUT2D eigenvalue weighted by Crippen LogP contribution is 2.27. The topological polar surface area (TPSA) is 86.8 Å². The first-order valence-electron chi connectivity index (χ1n) is 13.3. The maximum absolute atomic E-state index is 14.2. The van der Waals surface area contributed by atoms with Crippen molar-refractivity contribution in [2.75, 3.05) is 17.1 Å². The lowest BCUT2D eigenvalue weighted by Crippen LogP contribution is -2.54. The first kappa shape index (κ1) is 31.4. The van der Waals surface area contributed by atoms with Crippen LogP contribution in [0.3, 0.4) is 0 Å². The van der Waals surface area contributed by atoms with E-state index in [1.54, 1.807) is 0 Å². The highest BCUT2D eigenvalue weighted by molar-refractivity contribution is 9.10. The van der Waals surface area contributed by atoms with E-state index in [4.69, 9.17) is 0 Å². The van der Waals surface area contributed by atoms with Gasteiger partial charge in [0.05, 0.1) is 11.9 Å². The van der Waals surface area contributed by atoms with Crippen LogP contribution in [0.2, 0.25) is 0 Å². The van der Waals surface area contributed by atoms with Gasteiger partial charge in [0.15, 0.2) is 0 Å². The number of anilines is 1. The van der Waals surface area contributed by atoms with Gasteiger partial charge >= 0.3 is 0 Å². The molecular formula is C31H38BrN3O4S. The first-order chi connectivity index (χ1) is 18.9. The van der Waals surface area contributed by atoms with Gasteiger partial charge in [-0.2, -0.15) is 0 Å². The molecule has 0 bridgehead atoms. The Kier molecular flexibility index (Phi) is 10.9. The minimum atomic E-state index is -3.82. The predicted molar refractivity (Wildman–Crippen MR) is 165 cm³/mol. The van der Waals surface area contributed by atoms with Crippen LogP contribution in [0.5, 0.6) is 0 Å². The molecular weight excluding hydrogens is 590 g/mol. The molecule has 0 heterocycles. The lowest BCUT2D eigenvalue weighted by molar-refractivity contribution is -0.140. The molecule has 0 aliphatic rings. The molecule has 3 aromatic carbocycles. The Bertz CT molecular complexity index is 1390. The second kappa shape index (κ2) is 13.9. The minimum Gasteiger partial charge on any atom is -0.352 e. The van der Waals surface area contributed by atoms with Crippen LogP contribution < -0.4 is 9.62 Å². The second-order valence-corrected chi connectivity index (χ2v) is 13.0. The van der Waals surface area contributed by atoms with E-state index in [1.165, 1.54) is 4.90 Å². The number of halogens is 1. The van der Waals surface area contributed by atoms with E-state index in [9.17, 15) is 18.0 Å². The molecule has 0 radical (unpaired) electrons. The molecule has 0 saturated heterocycles. The van der Waals surface area contributed by atoms with Crippen molar-refractivity contribution in [3.8, 4) is 0 Å². The molecule has 0 aliphatic heterocycles. The summed E-state index contributed by atoms with van der Waals surface area (Å²) in [6, 6.07) is 21.6. The van der Waals surface area contributed by atoms with Crippen LogP contribution in [-0.2, 0) is 32.6 Å². The SMILES string of the molecule is CC[C@H](C)NC(=O)[C@@H](Cc1ccccc1)N(Cc1ccc(Br)cc1)C(=O)CN(c1c(C)cccc1C)S(C)(=O)=O. The number of sulfonamides is 1. The number of nitrogens with zero attached hydrogens (tertiary/aromatic N) is 2. The van der Waals surface area contributed by atoms with Crippen molar-refractivity contribution >= 4 is 43.5 Å². The van der Waals surface area contributed by atoms with Crippen LogP contribution in [-0.4, -0.2) is 50.0 Å². The van der Waals surface area contributed by atoms with Crippen molar-refractivity contribution in [3.63, 3.8) is 0 Å². The largest absolute Gasteiger partial charge is 0.352 e. The number of hydrogen-bond donors (Lipinski definition) is 1. The van der Waals surface area contributed by atoms with Crippen LogP contribution in [0, 0.1) is 13.8 Å². The van der Waals surface area contributed by atoms with Gasteiger partial charge in [-0.15, -0.1) is 0 Å². The zero-order chi connectivity index (χ0) is 29.4. The fraction of sp³-hybridized carbons (Fsp3) is 0.355. The third-order valence-corrected chi connectivity index (χ3v) is 8.55. The predicted octanol–water partition coefficient (Wildman–Crippen LogP) is 5.39. The van der Waals surface area contributed by atoms with Crippen LogP contribution in [0.1, 0.15) is 42.5 Å². The van der Waals surface area contributed by atoms with E-state index < -0.39 is 28.5 Å². The molecule has 0 fully saturated rings. The van der Waals surface area contributed by atoms with Gasteiger partial charge in [-0.3, -0.25) is 13.9 Å². The highest BCUT2D eigenvalue weighted by atomic mass is 79.9. The van der Waals surface area contributed by atoms with E-state index in [0.29, 0.717) is 5.69 Å². The number of aryl methyl sites for hydroxylation is 2. The van der Waals surface area contributed by atoms with Crippen molar-refractivity contribution in [2.45, 2.75) is 59.2 Å². The standard InChI is InChI=1S/C31H38BrN3O4S/c1-6-24(4)33-31(37)28(19-25-13-8-7-9-14-25)34(20-26-15-17-27(32)18-16-26)29(36)21-35(40(5,38)39)30-22(2)11-10-12-23(30)3/h7-18,24,28H,6,19-21H2,1-5H3,(H,33,37)/t24-,28+/m0/s1. The summed E-state index contributed by atoms with van der Waals surface area (Å²) in [6.07, 6.45) is 2.12.